The average molecular weight is 382 g/mol. The summed E-state index contributed by atoms with van der Waals surface area (Å²) in [5, 5.41) is 14.3. The van der Waals surface area contributed by atoms with Crippen molar-refractivity contribution in [3.05, 3.63) is 46.8 Å². The lowest BCUT2D eigenvalue weighted by Gasteiger charge is -2.20. The van der Waals surface area contributed by atoms with Gasteiger partial charge in [-0.3, -0.25) is 4.79 Å². The third kappa shape index (κ3) is 4.04. The number of carbonyl (C=O) groups excluding carboxylic acids is 1. The summed E-state index contributed by atoms with van der Waals surface area (Å²) in [4.78, 5) is 38.0. The molecular weight excluding hydrogens is 360 g/mol. The molecule has 0 saturated heterocycles. The highest BCUT2D eigenvalue weighted by Gasteiger charge is 2.24. The Bertz CT molecular complexity index is 914. The van der Waals surface area contributed by atoms with E-state index in [2.05, 4.69) is 36.4 Å². The number of anilines is 2. The molecule has 146 valence electrons. The van der Waals surface area contributed by atoms with E-state index in [1.165, 1.54) is 11.9 Å². The number of aryl methyl sites for hydroxylation is 1. The molecule has 1 aromatic heterocycles. The van der Waals surface area contributed by atoms with E-state index in [-0.39, 0.29) is 12.3 Å². The summed E-state index contributed by atoms with van der Waals surface area (Å²) < 4.78 is 0. The Kier molecular flexibility index (Phi) is 6.05. The fraction of sp³-hybridized carbons (Fsp3) is 0.368. The van der Waals surface area contributed by atoms with Crippen molar-refractivity contribution in [2.24, 2.45) is 10.2 Å². The van der Waals surface area contributed by atoms with Gasteiger partial charge in [-0.25, -0.2) is 15.0 Å². The third-order valence-corrected chi connectivity index (χ3v) is 4.59. The Morgan fingerprint density at radius 3 is 2.89 bits per heavy atom. The molecule has 0 radical (unpaired) electrons. The van der Waals surface area contributed by atoms with Gasteiger partial charge in [-0.05, 0) is 31.9 Å². The number of nitrogens with one attached hydrogen (secondary N) is 1. The molecule has 1 aliphatic heterocycles. The van der Waals surface area contributed by atoms with E-state index in [0.29, 0.717) is 17.2 Å². The minimum Gasteiger partial charge on any atom is -0.394 e. The van der Waals surface area contributed by atoms with Crippen LogP contribution in [0.2, 0.25) is 0 Å². The molecule has 0 spiro atoms. The maximum Gasteiger partial charge on any atom is 0.265 e. The Morgan fingerprint density at radius 2 is 2.14 bits per heavy atom. The number of aliphatic hydroxyl groups is 1. The standard InChI is InChI=1S/C19H22N6O3/c1-12-17(23-13(2)19(27)20-9-15(10-26)24-28)18(22-11-21-12)25-8-7-14-5-3-4-6-16(14)25/h3-6,11,15,26H,7-10H2,1-2H3,(H,20,27)/b23-13+. The van der Waals surface area contributed by atoms with Crippen molar-refractivity contribution in [3.8, 4) is 0 Å². The average Bonchev–Trinajstić information content (AvgIpc) is 3.14. The van der Waals surface area contributed by atoms with Crippen molar-refractivity contribution < 1.29 is 9.90 Å². The van der Waals surface area contributed by atoms with E-state index in [4.69, 9.17) is 5.11 Å². The first-order valence-electron chi connectivity index (χ1n) is 8.99. The van der Waals surface area contributed by atoms with Gasteiger partial charge in [0, 0.05) is 18.8 Å². The molecule has 0 saturated carbocycles. The van der Waals surface area contributed by atoms with Gasteiger partial charge < -0.3 is 15.3 Å². The molecule has 9 heteroatoms. The summed E-state index contributed by atoms with van der Waals surface area (Å²) in [5.41, 5.74) is 3.69. The van der Waals surface area contributed by atoms with Gasteiger partial charge in [0.2, 0.25) is 0 Å². The molecule has 1 amide bonds. The summed E-state index contributed by atoms with van der Waals surface area (Å²) in [6, 6.07) is 7.23. The molecule has 1 aliphatic rings. The van der Waals surface area contributed by atoms with Gasteiger partial charge in [-0.15, -0.1) is 0 Å². The predicted molar refractivity (Wildman–Crippen MR) is 106 cm³/mol. The molecule has 0 fully saturated rings. The molecule has 3 rings (SSSR count). The van der Waals surface area contributed by atoms with E-state index >= 15 is 0 Å². The predicted octanol–water partition coefficient (Wildman–Crippen LogP) is 1.82. The number of para-hydroxylation sites is 1. The van der Waals surface area contributed by atoms with Crippen LogP contribution >= 0.6 is 0 Å². The van der Waals surface area contributed by atoms with E-state index in [1.807, 2.05) is 25.1 Å². The topological polar surface area (TPSA) is 120 Å². The number of hydrogen-bond donors (Lipinski definition) is 2. The molecule has 9 nitrogen and oxygen atoms in total. The summed E-state index contributed by atoms with van der Waals surface area (Å²) in [6.07, 6.45) is 2.39. The lowest BCUT2D eigenvalue weighted by Crippen LogP contribution is -2.36. The number of fused-ring (bicyclic) bond motifs is 1. The molecule has 0 aliphatic carbocycles. The second kappa shape index (κ2) is 8.66. The summed E-state index contributed by atoms with van der Waals surface area (Å²) in [7, 11) is 0. The quantitative estimate of drug-likeness (QED) is 0.557. The molecule has 0 bridgehead atoms. The maximum atomic E-state index is 12.3. The second-order valence-electron chi connectivity index (χ2n) is 6.51. The molecule has 2 N–H and O–H groups in total. The number of aliphatic hydroxyl groups excluding tert-OH is 1. The van der Waals surface area contributed by atoms with Crippen LogP contribution in [0.25, 0.3) is 0 Å². The Labute approximate surface area is 162 Å². The van der Waals surface area contributed by atoms with Crippen LogP contribution in [-0.4, -0.2) is 52.4 Å². The number of aromatic nitrogens is 2. The molecule has 28 heavy (non-hydrogen) atoms. The smallest absolute Gasteiger partial charge is 0.265 e. The molecular formula is C19H22N6O3. The number of aliphatic imine (C=N–C) groups is 1. The first-order valence-corrected chi connectivity index (χ1v) is 8.99. The van der Waals surface area contributed by atoms with Crippen LogP contribution in [0, 0.1) is 11.8 Å². The number of hydrogen-bond acceptors (Lipinski definition) is 8. The van der Waals surface area contributed by atoms with Crippen LogP contribution < -0.4 is 10.2 Å². The highest BCUT2D eigenvalue weighted by atomic mass is 16.3. The van der Waals surface area contributed by atoms with Gasteiger partial charge in [-0.1, -0.05) is 23.4 Å². The Hall–Kier alpha value is -3.20. The van der Waals surface area contributed by atoms with Crippen LogP contribution in [0.4, 0.5) is 17.2 Å². The highest BCUT2D eigenvalue weighted by molar-refractivity contribution is 6.38. The van der Waals surface area contributed by atoms with Gasteiger partial charge in [0.25, 0.3) is 5.91 Å². The van der Waals surface area contributed by atoms with Crippen molar-refractivity contribution in [1.82, 2.24) is 15.3 Å². The van der Waals surface area contributed by atoms with Gasteiger partial charge in [-0.2, -0.15) is 4.91 Å². The minimum absolute atomic E-state index is 0.0533. The number of benzene rings is 1. The van der Waals surface area contributed by atoms with Crippen LogP contribution in [-0.2, 0) is 11.2 Å². The SMILES string of the molecule is C/C(=N\c1c(C)ncnc1N1CCc2ccccc21)C(=O)NCC(CO)N=O. The van der Waals surface area contributed by atoms with Crippen molar-refractivity contribution in [2.75, 3.05) is 24.6 Å². The van der Waals surface area contributed by atoms with E-state index in [9.17, 15) is 9.70 Å². The van der Waals surface area contributed by atoms with Crippen LogP contribution in [0.1, 0.15) is 18.2 Å². The number of amides is 1. The monoisotopic (exact) mass is 382 g/mol. The molecule has 1 aromatic carbocycles. The minimum atomic E-state index is -0.879. The molecule has 1 unspecified atom stereocenters. The van der Waals surface area contributed by atoms with Crippen LogP contribution in [0.5, 0.6) is 0 Å². The van der Waals surface area contributed by atoms with Gasteiger partial charge >= 0.3 is 0 Å². The summed E-state index contributed by atoms with van der Waals surface area (Å²) in [6.45, 7) is 3.68. The fourth-order valence-electron chi connectivity index (χ4n) is 3.03. The Balaban J connectivity index is 1.88. The van der Waals surface area contributed by atoms with Crippen molar-refractivity contribution in [2.45, 2.75) is 26.3 Å². The zero-order chi connectivity index (χ0) is 20.1. The lowest BCUT2D eigenvalue weighted by molar-refractivity contribution is -0.114. The summed E-state index contributed by atoms with van der Waals surface area (Å²) in [5.74, 6) is 0.200. The van der Waals surface area contributed by atoms with E-state index in [0.717, 1.165) is 18.7 Å². The molecule has 2 heterocycles. The third-order valence-electron chi connectivity index (χ3n) is 4.59. The van der Waals surface area contributed by atoms with Gasteiger partial charge in [0.05, 0.1) is 12.3 Å². The number of nitroso groups, excluding NO2 is 1. The van der Waals surface area contributed by atoms with Crippen LogP contribution in [0.3, 0.4) is 0 Å². The summed E-state index contributed by atoms with van der Waals surface area (Å²) >= 11 is 0. The Morgan fingerprint density at radius 1 is 1.36 bits per heavy atom. The molecule has 2 aromatic rings. The maximum absolute atomic E-state index is 12.3. The number of nitrogens with zero attached hydrogens (tertiary/aromatic N) is 5. The van der Waals surface area contributed by atoms with E-state index in [1.54, 1.807) is 6.92 Å². The van der Waals surface area contributed by atoms with Crippen molar-refractivity contribution in [3.63, 3.8) is 0 Å². The second-order valence-corrected chi connectivity index (χ2v) is 6.51. The van der Waals surface area contributed by atoms with E-state index < -0.39 is 18.6 Å². The van der Waals surface area contributed by atoms with Crippen molar-refractivity contribution >= 4 is 28.8 Å². The first-order chi connectivity index (χ1) is 13.5. The number of rotatable bonds is 7. The fourth-order valence-corrected chi connectivity index (χ4v) is 3.03. The highest BCUT2D eigenvalue weighted by Crippen LogP contribution is 2.38. The van der Waals surface area contributed by atoms with Crippen molar-refractivity contribution in [1.29, 1.82) is 0 Å². The number of carbonyl (C=O) groups is 1. The zero-order valence-electron chi connectivity index (χ0n) is 15.8. The lowest BCUT2D eigenvalue weighted by atomic mass is 10.2. The zero-order valence-corrected chi connectivity index (χ0v) is 15.8. The van der Waals surface area contributed by atoms with Crippen LogP contribution in [0.15, 0.2) is 40.8 Å². The normalized spacial score (nSPS) is 14.5. The van der Waals surface area contributed by atoms with Gasteiger partial charge in [0.1, 0.15) is 23.8 Å². The van der Waals surface area contributed by atoms with Gasteiger partial charge in [0.15, 0.2) is 5.82 Å². The molecule has 1 atom stereocenters. The first kappa shape index (κ1) is 19.6. The largest absolute Gasteiger partial charge is 0.394 e.